The summed E-state index contributed by atoms with van der Waals surface area (Å²) in [6.07, 6.45) is 0.648. The van der Waals surface area contributed by atoms with E-state index < -0.39 is 6.10 Å². The van der Waals surface area contributed by atoms with Crippen molar-refractivity contribution in [3.63, 3.8) is 0 Å². The molecule has 0 heterocycles. The van der Waals surface area contributed by atoms with Crippen LogP contribution in [0.2, 0.25) is 0 Å². The minimum Gasteiger partial charge on any atom is -0.491 e. The lowest BCUT2D eigenvalue weighted by atomic mass is 10.2. The predicted molar refractivity (Wildman–Crippen MR) is 81.0 cm³/mol. The second kappa shape index (κ2) is 9.75. The fourth-order valence-corrected chi connectivity index (χ4v) is 1.70. The number of aliphatic hydroxyl groups excluding tert-OH is 1. The van der Waals surface area contributed by atoms with Gasteiger partial charge in [-0.05, 0) is 44.5 Å². The standard InChI is InChI=1S/C16H27NO3/c1-4-8-17-10-14-6-5-7-16(9-14)20-12-15(18)11-19-13(2)3/h5-7,9,13,15,17-18H,4,8,10-12H2,1-3H3. The Morgan fingerprint density at radius 2 is 2.05 bits per heavy atom. The molecule has 1 aromatic rings. The van der Waals surface area contributed by atoms with Gasteiger partial charge >= 0.3 is 0 Å². The lowest BCUT2D eigenvalue weighted by Gasteiger charge is -2.15. The van der Waals surface area contributed by atoms with Gasteiger partial charge in [-0.25, -0.2) is 0 Å². The van der Waals surface area contributed by atoms with Crippen LogP contribution in [0.15, 0.2) is 24.3 Å². The van der Waals surface area contributed by atoms with Gasteiger partial charge in [0, 0.05) is 6.54 Å². The van der Waals surface area contributed by atoms with Gasteiger partial charge in [-0.2, -0.15) is 0 Å². The Hall–Kier alpha value is -1.10. The Kier molecular flexibility index (Phi) is 8.26. The molecule has 4 heteroatoms. The number of hydrogen-bond acceptors (Lipinski definition) is 4. The molecule has 20 heavy (non-hydrogen) atoms. The van der Waals surface area contributed by atoms with E-state index in [1.165, 1.54) is 5.56 Å². The van der Waals surface area contributed by atoms with Gasteiger partial charge in [-0.3, -0.25) is 0 Å². The molecule has 0 radical (unpaired) electrons. The lowest BCUT2D eigenvalue weighted by Crippen LogP contribution is -2.25. The van der Waals surface area contributed by atoms with Gasteiger partial charge in [0.25, 0.3) is 0 Å². The Morgan fingerprint density at radius 3 is 2.75 bits per heavy atom. The molecule has 1 rings (SSSR count). The van der Waals surface area contributed by atoms with Gasteiger partial charge in [0.15, 0.2) is 0 Å². The first-order valence-corrected chi connectivity index (χ1v) is 7.34. The van der Waals surface area contributed by atoms with Gasteiger partial charge in [0.1, 0.15) is 18.5 Å². The van der Waals surface area contributed by atoms with Crippen LogP contribution in [0.1, 0.15) is 32.8 Å². The molecule has 2 N–H and O–H groups in total. The third-order valence-corrected chi connectivity index (χ3v) is 2.72. The van der Waals surface area contributed by atoms with E-state index in [9.17, 15) is 5.11 Å². The molecule has 0 aromatic heterocycles. The maximum Gasteiger partial charge on any atom is 0.119 e. The zero-order valence-corrected chi connectivity index (χ0v) is 12.8. The SMILES string of the molecule is CCCNCc1cccc(OCC(O)COC(C)C)c1. The highest BCUT2D eigenvalue weighted by Gasteiger charge is 2.07. The Morgan fingerprint density at radius 1 is 1.25 bits per heavy atom. The molecular weight excluding hydrogens is 254 g/mol. The van der Waals surface area contributed by atoms with Gasteiger partial charge in [0.05, 0.1) is 12.7 Å². The number of rotatable bonds is 10. The van der Waals surface area contributed by atoms with Gasteiger partial charge in [-0.1, -0.05) is 19.1 Å². The second-order valence-corrected chi connectivity index (χ2v) is 5.17. The first-order chi connectivity index (χ1) is 9.61. The van der Waals surface area contributed by atoms with E-state index in [4.69, 9.17) is 9.47 Å². The van der Waals surface area contributed by atoms with Crippen LogP contribution in [0.25, 0.3) is 0 Å². The highest BCUT2D eigenvalue weighted by Crippen LogP contribution is 2.13. The third kappa shape index (κ3) is 7.48. The fraction of sp³-hybridized carbons (Fsp3) is 0.625. The van der Waals surface area contributed by atoms with Crippen LogP contribution in [-0.4, -0.2) is 37.1 Å². The molecule has 0 aliphatic rings. The van der Waals surface area contributed by atoms with Crippen molar-refractivity contribution in [1.82, 2.24) is 5.32 Å². The molecule has 0 aliphatic heterocycles. The summed E-state index contributed by atoms with van der Waals surface area (Å²) in [6, 6.07) is 7.93. The van der Waals surface area contributed by atoms with Crippen molar-refractivity contribution in [3.05, 3.63) is 29.8 Å². The molecule has 0 fully saturated rings. The summed E-state index contributed by atoms with van der Waals surface area (Å²) in [7, 11) is 0. The maximum absolute atomic E-state index is 9.74. The molecule has 114 valence electrons. The molecule has 0 saturated heterocycles. The van der Waals surface area contributed by atoms with Crippen molar-refractivity contribution >= 4 is 0 Å². The van der Waals surface area contributed by atoms with E-state index >= 15 is 0 Å². The van der Waals surface area contributed by atoms with E-state index in [1.807, 2.05) is 32.0 Å². The number of benzene rings is 1. The van der Waals surface area contributed by atoms with E-state index in [0.717, 1.165) is 25.3 Å². The molecule has 0 spiro atoms. The van der Waals surface area contributed by atoms with Crippen LogP contribution in [0.3, 0.4) is 0 Å². The summed E-state index contributed by atoms with van der Waals surface area (Å²) in [5.74, 6) is 0.782. The molecule has 1 aromatic carbocycles. The summed E-state index contributed by atoms with van der Waals surface area (Å²) < 4.78 is 10.9. The summed E-state index contributed by atoms with van der Waals surface area (Å²) >= 11 is 0. The van der Waals surface area contributed by atoms with Crippen molar-refractivity contribution in [3.8, 4) is 5.75 Å². The number of ether oxygens (including phenoxy) is 2. The molecule has 4 nitrogen and oxygen atoms in total. The van der Waals surface area contributed by atoms with Crippen LogP contribution < -0.4 is 10.1 Å². The zero-order valence-electron chi connectivity index (χ0n) is 12.8. The van der Waals surface area contributed by atoms with Crippen LogP contribution >= 0.6 is 0 Å². The lowest BCUT2D eigenvalue weighted by molar-refractivity contribution is -0.0122. The highest BCUT2D eigenvalue weighted by molar-refractivity contribution is 5.28. The van der Waals surface area contributed by atoms with Crippen LogP contribution in [0.4, 0.5) is 0 Å². The van der Waals surface area contributed by atoms with Crippen molar-refractivity contribution in [2.75, 3.05) is 19.8 Å². The quantitative estimate of drug-likeness (QED) is 0.646. The molecule has 0 bridgehead atoms. The molecule has 0 saturated carbocycles. The van der Waals surface area contributed by atoms with Crippen molar-refractivity contribution in [2.45, 2.75) is 45.9 Å². The average molecular weight is 281 g/mol. The smallest absolute Gasteiger partial charge is 0.119 e. The number of nitrogens with one attached hydrogen (secondary N) is 1. The minimum atomic E-state index is -0.598. The van der Waals surface area contributed by atoms with Crippen LogP contribution in [0.5, 0.6) is 5.75 Å². The molecule has 1 atom stereocenters. The van der Waals surface area contributed by atoms with E-state index in [2.05, 4.69) is 18.3 Å². The summed E-state index contributed by atoms with van der Waals surface area (Å²) in [5, 5.41) is 13.1. The van der Waals surface area contributed by atoms with Gasteiger partial charge in [-0.15, -0.1) is 0 Å². The van der Waals surface area contributed by atoms with Crippen molar-refractivity contribution in [2.24, 2.45) is 0 Å². The first-order valence-electron chi connectivity index (χ1n) is 7.34. The largest absolute Gasteiger partial charge is 0.491 e. The average Bonchev–Trinajstić information content (AvgIpc) is 2.43. The van der Waals surface area contributed by atoms with Gasteiger partial charge < -0.3 is 19.9 Å². The number of aliphatic hydroxyl groups is 1. The second-order valence-electron chi connectivity index (χ2n) is 5.17. The summed E-state index contributed by atoms with van der Waals surface area (Å²) in [4.78, 5) is 0. The van der Waals surface area contributed by atoms with Crippen molar-refractivity contribution in [1.29, 1.82) is 0 Å². The molecule has 0 amide bonds. The third-order valence-electron chi connectivity index (χ3n) is 2.72. The van der Waals surface area contributed by atoms with E-state index in [1.54, 1.807) is 0 Å². The zero-order chi connectivity index (χ0) is 14.8. The fourth-order valence-electron chi connectivity index (χ4n) is 1.70. The van der Waals surface area contributed by atoms with Gasteiger partial charge in [0.2, 0.25) is 0 Å². The monoisotopic (exact) mass is 281 g/mol. The Balaban J connectivity index is 2.34. The van der Waals surface area contributed by atoms with Crippen LogP contribution in [-0.2, 0) is 11.3 Å². The normalized spacial score (nSPS) is 12.7. The predicted octanol–water partition coefficient (Wildman–Crippen LogP) is 2.35. The van der Waals surface area contributed by atoms with Crippen molar-refractivity contribution < 1.29 is 14.6 Å². The van der Waals surface area contributed by atoms with E-state index in [-0.39, 0.29) is 12.7 Å². The Labute approximate surface area is 122 Å². The first kappa shape index (κ1) is 17.0. The summed E-state index contributed by atoms with van der Waals surface area (Å²) in [6.45, 7) is 8.43. The molecule has 0 aliphatic carbocycles. The minimum absolute atomic E-state index is 0.123. The van der Waals surface area contributed by atoms with E-state index in [0.29, 0.717) is 6.61 Å². The highest BCUT2D eigenvalue weighted by atomic mass is 16.5. The summed E-state index contributed by atoms with van der Waals surface area (Å²) in [5.41, 5.74) is 1.18. The Bertz CT molecular complexity index is 368. The maximum atomic E-state index is 9.74. The molecular formula is C16H27NO3. The number of hydrogen-bond donors (Lipinski definition) is 2. The molecule has 1 unspecified atom stereocenters. The topological polar surface area (TPSA) is 50.7 Å². The van der Waals surface area contributed by atoms with Crippen LogP contribution in [0, 0.1) is 0 Å².